The molecule has 1 aliphatic carbocycles. The van der Waals surface area contributed by atoms with Crippen LogP contribution in [-0.4, -0.2) is 0 Å². The molecule has 0 radical (unpaired) electrons. The van der Waals surface area contributed by atoms with Gasteiger partial charge in [0.25, 0.3) is 0 Å². The van der Waals surface area contributed by atoms with Crippen LogP contribution in [0.15, 0.2) is 340 Å². The molecule has 94 heavy (non-hydrogen) atoms. The molecule has 0 aliphatic heterocycles. The average molecular weight is 1190 g/mol. The zero-order valence-corrected chi connectivity index (χ0v) is 51.3. The predicted molar refractivity (Wildman–Crippen MR) is 404 cm³/mol. The van der Waals surface area contributed by atoms with Gasteiger partial charge in [-0.2, -0.15) is 0 Å². The van der Waals surface area contributed by atoms with Crippen LogP contribution in [0, 0.1) is 0 Å². The first-order chi connectivity index (χ1) is 46.7. The van der Waals surface area contributed by atoms with Gasteiger partial charge >= 0.3 is 0 Å². The maximum Gasteiger partial charge on any atom is -0.00199 e. The quantitative estimate of drug-likeness (QED) is 0.110. The molecule has 0 aromatic heterocycles. The minimum absolute atomic E-state index is 1.19. The molecule has 0 heteroatoms. The van der Waals surface area contributed by atoms with Crippen molar-refractivity contribution in [2.75, 3.05) is 0 Å². The fourth-order valence-corrected chi connectivity index (χ4v) is 16.8. The van der Waals surface area contributed by atoms with E-state index in [1.807, 2.05) is 0 Å². The molecule has 0 spiro atoms. The van der Waals surface area contributed by atoms with Crippen LogP contribution in [0.3, 0.4) is 0 Å². The fourth-order valence-electron chi connectivity index (χ4n) is 16.8. The van der Waals surface area contributed by atoms with Crippen molar-refractivity contribution in [2.45, 2.75) is 0 Å². The Bertz CT molecular complexity index is 6320. The Morgan fingerprint density at radius 2 is 0.457 bits per heavy atom. The molecule has 19 aromatic rings. The van der Waals surface area contributed by atoms with E-state index in [2.05, 4.69) is 340 Å². The summed E-state index contributed by atoms with van der Waals surface area (Å²) in [5, 5.41) is 25.2. The smallest absolute Gasteiger partial charge is 0.00199 e. The highest BCUT2D eigenvalue weighted by atomic mass is 14.3. The number of hydrogen-bond donors (Lipinski definition) is 0. The third-order valence-corrected chi connectivity index (χ3v) is 20.8. The minimum Gasteiger partial charge on any atom is -0.0616 e. The van der Waals surface area contributed by atoms with Crippen LogP contribution < -0.4 is 0 Å². The van der Waals surface area contributed by atoms with E-state index < -0.39 is 0 Å². The van der Waals surface area contributed by atoms with Crippen molar-refractivity contribution in [3.63, 3.8) is 0 Å². The maximum atomic E-state index is 2.44. The van der Waals surface area contributed by atoms with Gasteiger partial charge in [0, 0.05) is 0 Å². The Kier molecular flexibility index (Phi) is 11.5. The summed E-state index contributed by atoms with van der Waals surface area (Å²) < 4.78 is 0. The van der Waals surface area contributed by atoms with Gasteiger partial charge < -0.3 is 0 Å². The molecule has 1 aliphatic rings. The molecule has 0 saturated heterocycles. The Morgan fingerprint density at radius 3 is 1.03 bits per heavy atom. The van der Waals surface area contributed by atoms with Crippen molar-refractivity contribution >= 4 is 108 Å². The van der Waals surface area contributed by atoms with Crippen LogP contribution >= 0.6 is 0 Å². The molecule has 0 atom stereocenters. The molecule has 0 unspecified atom stereocenters. The van der Waals surface area contributed by atoms with E-state index in [1.165, 1.54) is 208 Å². The van der Waals surface area contributed by atoms with Gasteiger partial charge in [-0.1, -0.05) is 328 Å². The largest absolute Gasteiger partial charge is 0.0616 e. The van der Waals surface area contributed by atoms with Crippen LogP contribution in [0.25, 0.3) is 208 Å². The van der Waals surface area contributed by atoms with Crippen LogP contribution in [0.5, 0.6) is 0 Å². The topological polar surface area (TPSA) is 0 Å². The first kappa shape index (κ1) is 52.5. The summed E-state index contributed by atoms with van der Waals surface area (Å²) in [4.78, 5) is 0. The van der Waals surface area contributed by atoms with E-state index in [-0.39, 0.29) is 0 Å². The van der Waals surface area contributed by atoms with Gasteiger partial charge in [0.05, 0.1) is 0 Å². The SMILES string of the molecule is c1cc2c(c(-c3cccc4cc(-c5ccc(-c6c7ccccc7c(-c7cc8ccccc8c8ccccc78)c7ccccc67)cc5)c5ccccc5c34)c1)-c1ccc(-c3c4ccccc4c(-c4ccc(-c5cccc6ccccc56)cc4)c4ccccc34)c3cccc-2c13. The van der Waals surface area contributed by atoms with Crippen molar-refractivity contribution in [2.24, 2.45) is 0 Å². The number of rotatable bonds is 7. The van der Waals surface area contributed by atoms with Gasteiger partial charge in [-0.3, -0.25) is 0 Å². The van der Waals surface area contributed by atoms with Crippen LogP contribution in [0.2, 0.25) is 0 Å². The number of fused-ring (bicyclic) bond motifs is 14. The molecule has 0 amide bonds. The molecule has 0 nitrogen and oxygen atoms in total. The highest BCUT2D eigenvalue weighted by molar-refractivity contribution is 6.30. The van der Waals surface area contributed by atoms with Crippen molar-refractivity contribution in [3.05, 3.63) is 340 Å². The van der Waals surface area contributed by atoms with Gasteiger partial charge in [-0.05, 0) is 220 Å². The Balaban J connectivity index is 0.699. The van der Waals surface area contributed by atoms with Gasteiger partial charge in [0.15, 0.2) is 0 Å². The van der Waals surface area contributed by atoms with Crippen LogP contribution in [-0.2, 0) is 0 Å². The summed E-state index contributed by atoms with van der Waals surface area (Å²) in [7, 11) is 0. The third kappa shape index (κ3) is 7.75. The molecule has 0 N–H and O–H groups in total. The summed E-state index contributed by atoms with van der Waals surface area (Å²) in [6.07, 6.45) is 0. The lowest BCUT2D eigenvalue weighted by molar-refractivity contribution is 1.63. The lowest BCUT2D eigenvalue weighted by atomic mass is 9.83. The third-order valence-electron chi connectivity index (χ3n) is 20.8. The van der Waals surface area contributed by atoms with E-state index in [4.69, 9.17) is 0 Å². The summed E-state index contributed by atoms with van der Waals surface area (Å²) in [6.45, 7) is 0. The van der Waals surface area contributed by atoms with E-state index in [1.54, 1.807) is 0 Å². The molecular weight excluding hydrogens is 1130 g/mol. The lowest BCUT2D eigenvalue weighted by Crippen LogP contribution is -1.93. The van der Waals surface area contributed by atoms with Crippen molar-refractivity contribution in [3.8, 4) is 100 Å². The predicted octanol–water partition coefficient (Wildman–Crippen LogP) is 26.5. The molecule has 0 bridgehead atoms. The summed E-state index contributed by atoms with van der Waals surface area (Å²) in [5.74, 6) is 0. The van der Waals surface area contributed by atoms with Crippen molar-refractivity contribution < 1.29 is 0 Å². The molecule has 19 aromatic carbocycles. The second-order valence-electron chi connectivity index (χ2n) is 25.5. The van der Waals surface area contributed by atoms with E-state index >= 15 is 0 Å². The highest BCUT2D eigenvalue weighted by Crippen LogP contribution is 2.56. The summed E-state index contributed by atoms with van der Waals surface area (Å²) >= 11 is 0. The van der Waals surface area contributed by atoms with Gasteiger partial charge in [0.1, 0.15) is 0 Å². The zero-order chi connectivity index (χ0) is 61.5. The van der Waals surface area contributed by atoms with Gasteiger partial charge in [0.2, 0.25) is 0 Å². The first-order valence-electron chi connectivity index (χ1n) is 32.8. The van der Waals surface area contributed by atoms with Crippen LogP contribution in [0.1, 0.15) is 0 Å². The number of benzene rings is 19. The number of hydrogen-bond acceptors (Lipinski definition) is 0. The Labute approximate surface area is 544 Å². The molecule has 0 heterocycles. The standard InChI is InChI=1S/C94H56/c1-3-25-64-57(21-1)23-17-39-65(64)58-45-49-60(50-46-58)88-71-31-9-13-35-76(71)91(77-36-14-10-32-72(77)88)84-53-54-85-92-80(41-19-42-81(92)82-43-20-44-83(84)93(82)85)75-40-18-24-63-56-86(69-29-7-8-30-70(69)90(63)75)59-47-51-61(52-48-59)89-73-33-11-15-37-78(73)94(79-38-16-12-34-74(79)89)87-55-62-22-2-4-26-66(62)67-27-5-6-28-68(67)87/h1-56H. The molecular formula is C94H56. The summed E-state index contributed by atoms with van der Waals surface area (Å²) in [5.41, 5.74) is 22.6. The van der Waals surface area contributed by atoms with E-state index in [0.717, 1.165) is 0 Å². The summed E-state index contributed by atoms with van der Waals surface area (Å²) in [6, 6.07) is 128. The second-order valence-corrected chi connectivity index (χ2v) is 25.5. The molecule has 0 saturated carbocycles. The second kappa shape index (κ2) is 20.7. The lowest BCUT2D eigenvalue weighted by Gasteiger charge is -2.20. The van der Waals surface area contributed by atoms with E-state index in [0.29, 0.717) is 0 Å². The monoisotopic (exact) mass is 1180 g/mol. The zero-order valence-electron chi connectivity index (χ0n) is 51.3. The Hall–Kier alpha value is -12.2. The van der Waals surface area contributed by atoms with Crippen molar-refractivity contribution in [1.29, 1.82) is 0 Å². The maximum absolute atomic E-state index is 2.44. The minimum atomic E-state index is 1.19. The van der Waals surface area contributed by atoms with Gasteiger partial charge in [-0.15, -0.1) is 0 Å². The first-order valence-corrected chi connectivity index (χ1v) is 32.8. The highest BCUT2D eigenvalue weighted by Gasteiger charge is 2.29. The molecule has 0 fully saturated rings. The van der Waals surface area contributed by atoms with E-state index in [9.17, 15) is 0 Å². The average Bonchev–Trinajstić information content (AvgIpc) is 1.51. The molecule has 20 rings (SSSR count). The Morgan fingerprint density at radius 1 is 0.117 bits per heavy atom. The van der Waals surface area contributed by atoms with Crippen molar-refractivity contribution in [1.82, 2.24) is 0 Å². The van der Waals surface area contributed by atoms with Crippen LogP contribution in [0.4, 0.5) is 0 Å². The molecule has 432 valence electrons. The normalized spacial score (nSPS) is 12.0. The van der Waals surface area contributed by atoms with Gasteiger partial charge in [-0.25, -0.2) is 0 Å². The fraction of sp³-hybridized carbons (Fsp3) is 0.